The first-order valence-corrected chi connectivity index (χ1v) is 5.40. The number of methoxy groups -OCH3 is 1. The molecule has 0 aliphatic carbocycles. The summed E-state index contributed by atoms with van der Waals surface area (Å²) in [5.41, 5.74) is 11.4. The van der Waals surface area contributed by atoms with Gasteiger partial charge in [-0.3, -0.25) is 4.79 Å². The van der Waals surface area contributed by atoms with E-state index in [1.54, 1.807) is 0 Å². The summed E-state index contributed by atoms with van der Waals surface area (Å²) >= 11 is 0. The van der Waals surface area contributed by atoms with Crippen molar-refractivity contribution in [1.29, 1.82) is 0 Å². The maximum atomic E-state index is 11.1. The molecule has 0 radical (unpaired) electrons. The van der Waals surface area contributed by atoms with Crippen LogP contribution in [0.1, 0.15) is 12.8 Å². The Labute approximate surface area is 90.7 Å². The van der Waals surface area contributed by atoms with E-state index in [2.05, 4.69) is 9.64 Å². The molecule has 5 nitrogen and oxygen atoms in total. The second-order valence-electron chi connectivity index (χ2n) is 4.19. The van der Waals surface area contributed by atoms with Crippen LogP contribution in [0.3, 0.4) is 0 Å². The van der Waals surface area contributed by atoms with Crippen molar-refractivity contribution >= 4 is 5.97 Å². The highest BCUT2D eigenvalue weighted by Gasteiger charge is 2.26. The lowest BCUT2D eigenvalue weighted by Crippen LogP contribution is -2.48. The topological polar surface area (TPSA) is 81.6 Å². The quantitative estimate of drug-likeness (QED) is 0.597. The van der Waals surface area contributed by atoms with Gasteiger partial charge in [-0.15, -0.1) is 0 Å². The molecule has 0 amide bonds. The smallest absolute Gasteiger partial charge is 0.305 e. The van der Waals surface area contributed by atoms with Gasteiger partial charge in [-0.05, 0) is 12.3 Å². The lowest BCUT2D eigenvalue weighted by atomic mass is 9.92. The lowest BCUT2D eigenvalue weighted by Gasteiger charge is -2.35. The van der Waals surface area contributed by atoms with E-state index in [1.165, 1.54) is 7.11 Å². The van der Waals surface area contributed by atoms with Crippen LogP contribution in [0.5, 0.6) is 0 Å². The van der Waals surface area contributed by atoms with E-state index in [0.717, 1.165) is 26.1 Å². The third-order valence-electron chi connectivity index (χ3n) is 2.77. The van der Waals surface area contributed by atoms with Gasteiger partial charge in [0.1, 0.15) is 0 Å². The number of piperidine rings is 1. The minimum atomic E-state index is -0.151. The van der Waals surface area contributed by atoms with E-state index >= 15 is 0 Å². The zero-order chi connectivity index (χ0) is 11.3. The predicted molar refractivity (Wildman–Crippen MR) is 58.2 cm³/mol. The van der Waals surface area contributed by atoms with Gasteiger partial charge in [0.2, 0.25) is 0 Å². The van der Waals surface area contributed by atoms with Crippen molar-refractivity contribution < 1.29 is 9.53 Å². The SMILES string of the molecule is COC(=O)CC1CC(N)CN(CCN)C1. The summed E-state index contributed by atoms with van der Waals surface area (Å²) in [6.45, 7) is 3.28. The van der Waals surface area contributed by atoms with Gasteiger partial charge >= 0.3 is 5.97 Å². The second kappa shape index (κ2) is 6.05. The maximum absolute atomic E-state index is 11.1. The summed E-state index contributed by atoms with van der Waals surface area (Å²) in [4.78, 5) is 13.4. The van der Waals surface area contributed by atoms with Crippen molar-refractivity contribution in [3.8, 4) is 0 Å². The van der Waals surface area contributed by atoms with E-state index in [4.69, 9.17) is 11.5 Å². The minimum absolute atomic E-state index is 0.151. The molecule has 1 heterocycles. The largest absolute Gasteiger partial charge is 0.469 e. The van der Waals surface area contributed by atoms with Gasteiger partial charge in [-0.1, -0.05) is 0 Å². The molecule has 0 aromatic carbocycles. The van der Waals surface area contributed by atoms with Crippen molar-refractivity contribution in [1.82, 2.24) is 4.90 Å². The van der Waals surface area contributed by atoms with Gasteiger partial charge in [0.05, 0.1) is 7.11 Å². The van der Waals surface area contributed by atoms with Crippen LogP contribution in [-0.4, -0.2) is 50.2 Å². The van der Waals surface area contributed by atoms with Crippen LogP contribution in [-0.2, 0) is 9.53 Å². The van der Waals surface area contributed by atoms with E-state index in [0.29, 0.717) is 18.9 Å². The Morgan fingerprint density at radius 1 is 1.53 bits per heavy atom. The third kappa shape index (κ3) is 4.15. The number of carbonyl (C=O) groups excluding carboxylic acids is 1. The fourth-order valence-electron chi connectivity index (χ4n) is 2.18. The minimum Gasteiger partial charge on any atom is -0.469 e. The Bertz CT molecular complexity index is 211. The van der Waals surface area contributed by atoms with Crippen LogP contribution in [0.15, 0.2) is 0 Å². The molecule has 15 heavy (non-hydrogen) atoms. The summed E-state index contributed by atoms with van der Waals surface area (Å²) in [6, 6.07) is 0.153. The molecule has 1 fully saturated rings. The maximum Gasteiger partial charge on any atom is 0.305 e. The Balaban J connectivity index is 2.40. The number of hydrogen-bond acceptors (Lipinski definition) is 5. The first-order chi connectivity index (χ1) is 7.15. The Hall–Kier alpha value is -0.650. The van der Waals surface area contributed by atoms with Crippen LogP contribution in [0.2, 0.25) is 0 Å². The molecule has 1 saturated heterocycles. The Morgan fingerprint density at radius 2 is 2.27 bits per heavy atom. The van der Waals surface area contributed by atoms with Crippen molar-refractivity contribution in [3.63, 3.8) is 0 Å². The fraction of sp³-hybridized carbons (Fsp3) is 0.900. The highest BCUT2D eigenvalue weighted by Crippen LogP contribution is 2.19. The molecule has 0 bridgehead atoms. The third-order valence-corrected chi connectivity index (χ3v) is 2.77. The summed E-state index contributed by atoms with van der Waals surface area (Å²) < 4.78 is 4.66. The molecule has 0 saturated carbocycles. The van der Waals surface area contributed by atoms with Crippen molar-refractivity contribution in [2.24, 2.45) is 17.4 Å². The van der Waals surface area contributed by atoms with Crippen LogP contribution in [0.4, 0.5) is 0 Å². The standard InChI is InChI=1S/C10H21N3O2/c1-15-10(14)5-8-4-9(12)7-13(6-8)3-2-11/h8-9H,2-7,11-12H2,1H3. The van der Waals surface area contributed by atoms with E-state index < -0.39 is 0 Å². The average molecular weight is 215 g/mol. The van der Waals surface area contributed by atoms with Gasteiger partial charge in [-0.2, -0.15) is 0 Å². The van der Waals surface area contributed by atoms with Crippen LogP contribution in [0.25, 0.3) is 0 Å². The van der Waals surface area contributed by atoms with Gasteiger partial charge in [0, 0.05) is 38.6 Å². The molecule has 2 atom stereocenters. The molecule has 1 aliphatic rings. The summed E-state index contributed by atoms with van der Waals surface area (Å²) in [6.07, 6.45) is 1.36. The number of rotatable bonds is 4. The number of ether oxygens (including phenoxy) is 1. The summed E-state index contributed by atoms with van der Waals surface area (Å²) in [7, 11) is 1.42. The van der Waals surface area contributed by atoms with E-state index in [-0.39, 0.29) is 12.0 Å². The van der Waals surface area contributed by atoms with Crippen LogP contribution in [0, 0.1) is 5.92 Å². The Morgan fingerprint density at radius 3 is 2.87 bits per heavy atom. The van der Waals surface area contributed by atoms with Crippen molar-refractivity contribution in [2.45, 2.75) is 18.9 Å². The van der Waals surface area contributed by atoms with E-state index in [9.17, 15) is 4.79 Å². The molecule has 0 aromatic rings. The average Bonchev–Trinajstić information content (AvgIpc) is 2.17. The van der Waals surface area contributed by atoms with Crippen molar-refractivity contribution in [2.75, 3.05) is 33.3 Å². The Kier molecular flexibility index (Phi) is 5.01. The molecule has 5 heteroatoms. The number of esters is 1. The number of hydrogen-bond donors (Lipinski definition) is 2. The zero-order valence-corrected chi connectivity index (χ0v) is 9.32. The van der Waals surface area contributed by atoms with Crippen molar-refractivity contribution in [3.05, 3.63) is 0 Å². The molecule has 4 N–H and O–H groups in total. The van der Waals surface area contributed by atoms with Gasteiger partial charge < -0.3 is 21.1 Å². The molecular formula is C10H21N3O2. The fourth-order valence-corrected chi connectivity index (χ4v) is 2.18. The molecule has 0 aromatic heterocycles. The normalized spacial score (nSPS) is 27.7. The van der Waals surface area contributed by atoms with Gasteiger partial charge in [0.25, 0.3) is 0 Å². The molecule has 88 valence electrons. The van der Waals surface area contributed by atoms with Crippen LogP contribution >= 0.6 is 0 Å². The number of nitrogens with two attached hydrogens (primary N) is 2. The zero-order valence-electron chi connectivity index (χ0n) is 9.32. The van der Waals surface area contributed by atoms with Crippen LogP contribution < -0.4 is 11.5 Å². The number of nitrogens with zero attached hydrogens (tertiary/aromatic N) is 1. The molecule has 1 rings (SSSR count). The summed E-state index contributed by atoms with van der Waals surface area (Å²) in [5, 5.41) is 0. The van der Waals surface area contributed by atoms with Gasteiger partial charge in [0.15, 0.2) is 0 Å². The molecule has 1 aliphatic heterocycles. The first-order valence-electron chi connectivity index (χ1n) is 5.40. The summed E-state index contributed by atoms with van der Waals surface area (Å²) in [5.74, 6) is 0.162. The highest BCUT2D eigenvalue weighted by atomic mass is 16.5. The number of likely N-dealkylation sites (tertiary alicyclic amines) is 1. The first kappa shape index (κ1) is 12.4. The molecule has 0 spiro atoms. The molecular weight excluding hydrogens is 194 g/mol. The monoisotopic (exact) mass is 215 g/mol. The lowest BCUT2D eigenvalue weighted by molar-refractivity contribution is -0.142. The van der Waals surface area contributed by atoms with Gasteiger partial charge in [-0.25, -0.2) is 0 Å². The van der Waals surface area contributed by atoms with E-state index in [1.807, 2.05) is 0 Å². The number of carbonyl (C=O) groups is 1. The second-order valence-corrected chi connectivity index (χ2v) is 4.19. The highest BCUT2D eigenvalue weighted by molar-refractivity contribution is 5.69. The predicted octanol–water partition coefficient (Wildman–Crippen LogP) is -0.843. The molecule has 2 unspecified atom stereocenters.